The molecule has 1 aliphatic heterocycles. The highest BCUT2D eigenvalue weighted by molar-refractivity contribution is 5.37. The Labute approximate surface area is 177 Å². The quantitative estimate of drug-likeness (QED) is 0.422. The molecule has 0 spiro atoms. The van der Waals surface area contributed by atoms with Crippen LogP contribution in [0, 0.1) is 10.1 Å². The number of ether oxygens (including phenoxy) is 1. The second-order valence-corrected chi connectivity index (χ2v) is 8.36. The van der Waals surface area contributed by atoms with E-state index in [2.05, 4.69) is 10.1 Å². The van der Waals surface area contributed by atoms with E-state index in [-0.39, 0.29) is 22.3 Å². The van der Waals surface area contributed by atoms with Crippen molar-refractivity contribution in [2.45, 2.75) is 63.8 Å². The number of hydrogen-bond donors (Lipinski definition) is 2. The van der Waals surface area contributed by atoms with Crippen LogP contribution in [0.1, 0.15) is 50.8 Å². The molecule has 1 fully saturated rings. The second kappa shape index (κ2) is 10.8. The number of rotatable bonds is 6. The highest BCUT2D eigenvalue weighted by atomic mass is 16.6. The Morgan fingerprint density at radius 3 is 2.30 bits per heavy atom. The Balaban J connectivity index is 0.000000396. The zero-order valence-electron chi connectivity index (χ0n) is 17.7. The van der Waals surface area contributed by atoms with Crippen LogP contribution in [0.2, 0.25) is 0 Å². The molecule has 162 valence electrons. The average molecular weight is 415 g/mol. The molecule has 2 aromatic rings. The number of benzene rings is 2. The molecule has 7 heteroatoms. The largest absolute Gasteiger partial charge is 0.462 e. The first-order valence-corrected chi connectivity index (χ1v) is 10.0. The normalized spacial score (nSPS) is 19.3. The first-order valence-electron chi connectivity index (χ1n) is 10.0. The summed E-state index contributed by atoms with van der Waals surface area (Å²) in [5.41, 5.74) is 1.80. The standard InChI is InChI=1S/C18H20N2O3.C5H10O2/c21-18(14-4-2-1-3-5-14)17-11-8-15(19-17)12-13-6-9-16(10-7-13)20(22)23;1-5(2,3)7-4-6/h1-7,9-10,15,17-19,21H,8,11-12H2;4H,1-3H3. The van der Waals surface area contributed by atoms with Crippen molar-refractivity contribution in [3.05, 3.63) is 75.8 Å². The molecule has 30 heavy (non-hydrogen) atoms. The second-order valence-electron chi connectivity index (χ2n) is 8.36. The Bertz CT molecular complexity index is 803. The van der Waals surface area contributed by atoms with Gasteiger partial charge in [-0.1, -0.05) is 42.5 Å². The van der Waals surface area contributed by atoms with Gasteiger partial charge < -0.3 is 15.2 Å². The molecule has 0 bridgehead atoms. The third-order valence-corrected chi connectivity index (χ3v) is 4.83. The lowest BCUT2D eigenvalue weighted by Gasteiger charge is -2.20. The first-order chi connectivity index (χ1) is 14.2. The molecule has 1 saturated heterocycles. The number of carbonyl (C=O) groups excluding carboxylic acids is 1. The van der Waals surface area contributed by atoms with Gasteiger partial charge >= 0.3 is 0 Å². The Hall–Kier alpha value is -2.77. The molecule has 3 atom stereocenters. The summed E-state index contributed by atoms with van der Waals surface area (Å²) in [4.78, 5) is 19.9. The molecular weight excluding hydrogens is 384 g/mol. The van der Waals surface area contributed by atoms with E-state index in [0.29, 0.717) is 12.5 Å². The monoisotopic (exact) mass is 414 g/mol. The molecule has 0 saturated carbocycles. The summed E-state index contributed by atoms with van der Waals surface area (Å²) in [5.74, 6) is 0. The molecular formula is C23H30N2O5. The van der Waals surface area contributed by atoms with Gasteiger partial charge in [-0.3, -0.25) is 14.9 Å². The van der Waals surface area contributed by atoms with Crippen LogP contribution in [-0.2, 0) is 16.0 Å². The average Bonchev–Trinajstić information content (AvgIpc) is 3.16. The van der Waals surface area contributed by atoms with E-state index in [1.165, 1.54) is 0 Å². The van der Waals surface area contributed by atoms with Gasteiger partial charge in [0, 0.05) is 24.2 Å². The van der Waals surface area contributed by atoms with Gasteiger partial charge in [-0.2, -0.15) is 0 Å². The fraction of sp³-hybridized carbons (Fsp3) is 0.435. The third kappa shape index (κ3) is 7.57. The maximum atomic E-state index is 10.7. The molecule has 3 unspecified atom stereocenters. The number of hydrogen-bond acceptors (Lipinski definition) is 6. The van der Waals surface area contributed by atoms with Crippen molar-refractivity contribution < 1.29 is 19.6 Å². The Kier molecular flexibility index (Phi) is 8.50. The van der Waals surface area contributed by atoms with Crippen molar-refractivity contribution in [3.63, 3.8) is 0 Å². The fourth-order valence-electron chi connectivity index (χ4n) is 3.33. The lowest BCUT2D eigenvalue weighted by Crippen LogP contribution is -2.35. The van der Waals surface area contributed by atoms with Gasteiger partial charge in [-0.05, 0) is 51.2 Å². The van der Waals surface area contributed by atoms with Crippen LogP contribution in [-0.4, -0.2) is 34.2 Å². The van der Waals surface area contributed by atoms with E-state index in [0.717, 1.165) is 30.4 Å². The highest BCUT2D eigenvalue weighted by Crippen LogP contribution is 2.27. The lowest BCUT2D eigenvalue weighted by molar-refractivity contribution is -0.384. The van der Waals surface area contributed by atoms with E-state index < -0.39 is 6.10 Å². The lowest BCUT2D eigenvalue weighted by atomic mass is 10.0. The minimum atomic E-state index is -0.502. The molecule has 1 aliphatic rings. The fourth-order valence-corrected chi connectivity index (χ4v) is 3.33. The molecule has 1 heterocycles. The summed E-state index contributed by atoms with van der Waals surface area (Å²) in [6.45, 7) is 5.92. The van der Waals surface area contributed by atoms with Crippen molar-refractivity contribution in [1.82, 2.24) is 5.32 Å². The van der Waals surface area contributed by atoms with Crippen LogP contribution in [0.5, 0.6) is 0 Å². The molecule has 2 N–H and O–H groups in total. The summed E-state index contributed by atoms with van der Waals surface area (Å²) < 4.78 is 4.55. The molecule has 0 radical (unpaired) electrons. The van der Waals surface area contributed by atoms with Crippen molar-refractivity contribution in [2.75, 3.05) is 0 Å². The van der Waals surface area contributed by atoms with E-state index >= 15 is 0 Å². The molecule has 3 rings (SSSR count). The summed E-state index contributed by atoms with van der Waals surface area (Å²) in [7, 11) is 0. The van der Waals surface area contributed by atoms with Gasteiger partial charge in [0.25, 0.3) is 12.2 Å². The van der Waals surface area contributed by atoms with Gasteiger partial charge in [-0.25, -0.2) is 0 Å². The molecule has 0 aromatic heterocycles. The zero-order valence-corrected chi connectivity index (χ0v) is 17.7. The van der Waals surface area contributed by atoms with Crippen LogP contribution < -0.4 is 5.32 Å². The number of nitrogens with one attached hydrogen (secondary N) is 1. The van der Waals surface area contributed by atoms with Crippen molar-refractivity contribution in [3.8, 4) is 0 Å². The summed E-state index contributed by atoms with van der Waals surface area (Å²) in [5, 5.41) is 24.6. The smallest absolute Gasteiger partial charge is 0.293 e. The molecule has 0 aliphatic carbocycles. The Morgan fingerprint density at radius 2 is 1.80 bits per heavy atom. The van der Waals surface area contributed by atoms with Crippen LogP contribution in [0.3, 0.4) is 0 Å². The Morgan fingerprint density at radius 1 is 1.17 bits per heavy atom. The minimum Gasteiger partial charge on any atom is -0.462 e. The maximum absolute atomic E-state index is 10.7. The van der Waals surface area contributed by atoms with Crippen molar-refractivity contribution >= 4 is 12.2 Å². The SMILES string of the molecule is CC(C)(C)OC=O.O=[N+]([O-])c1ccc(CC2CCC(C(O)c3ccccc3)N2)cc1. The number of nitro benzene ring substituents is 1. The third-order valence-electron chi connectivity index (χ3n) is 4.83. The van der Waals surface area contributed by atoms with Crippen molar-refractivity contribution in [1.29, 1.82) is 0 Å². The predicted octanol–water partition coefficient (Wildman–Crippen LogP) is 3.95. The van der Waals surface area contributed by atoms with Crippen LogP contribution in [0.15, 0.2) is 54.6 Å². The number of nitrogens with zero attached hydrogens (tertiary/aromatic N) is 1. The number of non-ortho nitro benzene ring substituents is 1. The number of aliphatic hydroxyl groups excluding tert-OH is 1. The summed E-state index contributed by atoms with van der Waals surface area (Å²) in [6.07, 6.45) is 2.23. The minimum absolute atomic E-state index is 0.0560. The van der Waals surface area contributed by atoms with Crippen LogP contribution >= 0.6 is 0 Å². The summed E-state index contributed by atoms with van der Waals surface area (Å²) >= 11 is 0. The van der Waals surface area contributed by atoms with Crippen LogP contribution in [0.25, 0.3) is 0 Å². The highest BCUT2D eigenvalue weighted by Gasteiger charge is 2.29. The topological polar surface area (TPSA) is 102 Å². The summed E-state index contributed by atoms with van der Waals surface area (Å²) in [6, 6.07) is 16.7. The number of aliphatic hydroxyl groups is 1. The van der Waals surface area contributed by atoms with E-state index in [9.17, 15) is 20.0 Å². The van der Waals surface area contributed by atoms with E-state index in [1.54, 1.807) is 24.3 Å². The van der Waals surface area contributed by atoms with E-state index in [4.69, 9.17) is 0 Å². The van der Waals surface area contributed by atoms with Crippen molar-refractivity contribution in [2.24, 2.45) is 0 Å². The zero-order chi connectivity index (χ0) is 22.1. The molecule has 7 nitrogen and oxygen atoms in total. The number of carbonyl (C=O) groups is 1. The maximum Gasteiger partial charge on any atom is 0.293 e. The van der Waals surface area contributed by atoms with Gasteiger partial charge in [0.05, 0.1) is 11.0 Å². The van der Waals surface area contributed by atoms with Gasteiger partial charge in [-0.15, -0.1) is 0 Å². The van der Waals surface area contributed by atoms with Gasteiger partial charge in [0.1, 0.15) is 5.60 Å². The predicted molar refractivity (Wildman–Crippen MR) is 115 cm³/mol. The number of nitro groups is 1. The van der Waals surface area contributed by atoms with E-state index in [1.807, 2.05) is 51.1 Å². The molecule has 0 amide bonds. The first kappa shape index (κ1) is 23.5. The van der Waals surface area contributed by atoms with Gasteiger partial charge in [0.2, 0.25) is 0 Å². The van der Waals surface area contributed by atoms with Gasteiger partial charge in [0.15, 0.2) is 0 Å². The van der Waals surface area contributed by atoms with Crippen LogP contribution in [0.4, 0.5) is 5.69 Å². The molecule has 2 aromatic carbocycles.